The molecule has 2 aliphatic rings. The lowest BCUT2D eigenvalue weighted by atomic mass is 10.2. The first-order valence-corrected chi connectivity index (χ1v) is 15.9. The second kappa shape index (κ2) is 20.9. The summed E-state index contributed by atoms with van der Waals surface area (Å²) in [4.78, 5) is 124. The summed E-state index contributed by atoms with van der Waals surface area (Å²) in [6.45, 7) is -4.37. The van der Waals surface area contributed by atoms with Crippen LogP contribution in [0.2, 0.25) is 0 Å². The Hall–Kier alpha value is -5.42. The number of carboxylic acids is 1. The lowest BCUT2D eigenvalue weighted by Crippen LogP contribution is -2.56. The molecule has 23 nitrogen and oxygen atoms in total. The molecular weight excluding hydrogens is 684 g/mol. The number of likely N-dealkylation sites (tertiary alicyclic amines) is 2. The summed E-state index contributed by atoms with van der Waals surface area (Å²) in [5, 5.41) is 43.1. The van der Waals surface area contributed by atoms with Crippen LogP contribution in [0.15, 0.2) is 0 Å². The van der Waals surface area contributed by atoms with Crippen molar-refractivity contribution in [2.45, 2.75) is 49.9 Å². The summed E-state index contributed by atoms with van der Waals surface area (Å²) in [6, 6.07) is -4.74. The number of aliphatic carboxylic acids is 1. The van der Waals surface area contributed by atoms with Gasteiger partial charge in [-0.2, -0.15) is 0 Å². The summed E-state index contributed by atoms with van der Waals surface area (Å²) in [6.07, 6.45) is 1.47. The molecule has 0 saturated carbocycles. The lowest BCUT2D eigenvalue weighted by Gasteiger charge is -2.27. The van der Waals surface area contributed by atoms with Crippen LogP contribution in [0.5, 0.6) is 0 Å². The molecule has 0 unspecified atom stereocenters. The highest BCUT2D eigenvalue weighted by Gasteiger charge is 2.38. The van der Waals surface area contributed by atoms with Gasteiger partial charge in [-0.25, -0.2) is 4.79 Å². The zero-order valence-corrected chi connectivity index (χ0v) is 27.6. The van der Waals surface area contributed by atoms with Crippen LogP contribution >= 0.6 is 0 Å². The van der Waals surface area contributed by atoms with Gasteiger partial charge in [-0.3, -0.25) is 43.2 Å². The molecule has 2 aliphatic heterocycles. The predicted octanol–water partition coefficient (Wildman–Crippen LogP) is -8.45. The van der Waals surface area contributed by atoms with E-state index in [0.29, 0.717) is 12.8 Å². The predicted molar refractivity (Wildman–Crippen MR) is 169 cm³/mol. The van der Waals surface area contributed by atoms with E-state index in [9.17, 15) is 53.1 Å². The minimum atomic E-state index is -1.55. The first-order valence-electron chi connectivity index (χ1n) is 15.9. The summed E-state index contributed by atoms with van der Waals surface area (Å²) in [5.74, 6) is -7.93. The van der Waals surface area contributed by atoms with E-state index in [-0.39, 0.29) is 25.9 Å². The Morgan fingerprint density at radius 2 is 1.02 bits per heavy atom. The lowest BCUT2D eigenvalue weighted by molar-refractivity contribution is -0.143. The zero-order valence-electron chi connectivity index (χ0n) is 27.6. The third-order valence-electron chi connectivity index (χ3n) is 7.71. The average molecular weight is 729 g/mol. The highest BCUT2D eigenvalue weighted by atomic mass is 16.4. The van der Waals surface area contributed by atoms with Gasteiger partial charge in [-0.05, 0) is 25.7 Å². The molecule has 0 radical (unpaired) electrons. The number of hydrogen-bond donors (Lipinski definition) is 11. The molecule has 0 aliphatic carbocycles. The van der Waals surface area contributed by atoms with Crippen LogP contribution in [0.25, 0.3) is 0 Å². The first kappa shape index (κ1) is 41.7. The van der Waals surface area contributed by atoms with Crippen LogP contribution in [0, 0.1) is 0 Å². The molecule has 9 amide bonds. The van der Waals surface area contributed by atoms with Gasteiger partial charge < -0.3 is 68.1 Å². The Bertz CT molecular complexity index is 1350. The van der Waals surface area contributed by atoms with Gasteiger partial charge in [-0.1, -0.05) is 0 Å². The quantitative estimate of drug-likeness (QED) is 0.0589. The molecule has 2 rings (SSSR count). The van der Waals surface area contributed by atoms with E-state index in [0.717, 1.165) is 0 Å². The summed E-state index contributed by atoms with van der Waals surface area (Å²) in [5.41, 5.74) is 5.22. The van der Waals surface area contributed by atoms with Gasteiger partial charge in [0.1, 0.15) is 24.2 Å². The number of aliphatic hydroxyl groups is 2. The van der Waals surface area contributed by atoms with Crippen molar-refractivity contribution in [2.75, 3.05) is 65.6 Å². The van der Waals surface area contributed by atoms with Crippen molar-refractivity contribution in [3.8, 4) is 0 Å². The smallest absolute Gasteiger partial charge is 0.328 e. The van der Waals surface area contributed by atoms with E-state index < -0.39 is 136 Å². The second-order valence-electron chi connectivity index (χ2n) is 11.3. The van der Waals surface area contributed by atoms with Crippen LogP contribution in [-0.4, -0.2) is 174 Å². The number of aliphatic hydroxyl groups excluding tert-OH is 2. The van der Waals surface area contributed by atoms with Crippen molar-refractivity contribution < 1.29 is 63.3 Å². The maximum absolute atomic E-state index is 12.7. The zero-order chi connectivity index (χ0) is 38.1. The van der Waals surface area contributed by atoms with E-state index in [4.69, 9.17) is 15.9 Å². The monoisotopic (exact) mass is 728 g/mol. The van der Waals surface area contributed by atoms with Gasteiger partial charge in [0.25, 0.3) is 0 Å². The summed E-state index contributed by atoms with van der Waals surface area (Å²) in [7, 11) is 0. The number of carboxylic acid groups (broad SMARTS) is 1. The Balaban J connectivity index is 1.68. The molecule has 0 spiro atoms. The minimum Gasteiger partial charge on any atom is -0.480 e. The van der Waals surface area contributed by atoms with E-state index in [2.05, 4.69) is 31.9 Å². The van der Waals surface area contributed by atoms with Gasteiger partial charge in [0, 0.05) is 13.1 Å². The third kappa shape index (κ3) is 13.4. The highest BCUT2D eigenvalue weighted by Crippen LogP contribution is 2.19. The van der Waals surface area contributed by atoms with Crippen LogP contribution in [0.1, 0.15) is 25.7 Å². The maximum atomic E-state index is 12.7. The molecule has 284 valence electrons. The number of amides is 9. The molecule has 0 aromatic heterocycles. The van der Waals surface area contributed by atoms with Crippen LogP contribution in [0.3, 0.4) is 0 Å². The fraction of sp³-hybridized carbons (Fsp3) is 0.643. The standard InChI is InChI=1S/C28H44N10O13/c29-7-19(41)35-15(13-39)27(49)38-6-2-4-18(38)26(48)33-10-22(44)31-8-20(42)30-9-21(43)32-12-24(46)37-5-1-3-17(37)25(47)34-11-23(45)36-16(14-40)28(50)51/h15-18,39-40H,1-14,29H2,(H,30,42)(H,31,44)(H,32,43)(H,33,48)(H,34,47)(H,35,41)(H,36,45)(H,50,51)/t15-,16-,17-,18-/m0/s1. The van der Waals surface area contributed by atoms with E-state index in [1.54, 1.807) is 0 Å². The van der Waals surface area contributed by atoms with Gasteiger partial charge in [-0.15, -0.1) is 0 Å². The number of carbonyl (C=O) groups excluding carboxylic acids is 9. The normalized spacial score (nSPS) is 17.7. The number of carbonyl (C=O) groups is 10. The van der Waals surface area contributed by atoms with Crippen LogP contribution in [-0.2, 0) is 47.9 Å². The van der Waals surface area contributed by atoms with Crippen molar-refractivity contribution in [3.05, 3.63) is 0 Å². The molecule has 0 bridgehead atoms. The van der Waals surface area contributed by atoms with Crippen molar-refractivity contribution >= 4 is 59.1 Å². The van der Waals surface area contributed by atoms with Gasteiger partial charge in [0.15, 0.2) is 0 Å². The maximum Gasteiger partial charge on any atom is 0.328 e. The topological polar surface area (TPSA) is 348 Å². The average Bonchev–Trinajstić information content (AvgIpc) is 3.82. The SMILES string of the molecule is NCC(=O)N[C@@H](CO)C(=O)N1CCC[C@H]1C(=O)NCC(=O)NCC(=O)NCC(=O)NCC(=O)N1CCC[C@H]1C(=O)NCC(=O)N[C@@H](CO)C(=O)O. The molecule has 2 saturated heterocycles. The van der Waals surface area contributed by atoms with Gasteiger partial charge >= 0.3 is 5.97 Å². The number of nitrogens with two attached hydrogens (primary N) is 1. The number of hydrogen-bond acceptors (Lipinski definition) is 13. The Labute approximate surface area is 290 Å². The summed E-state index contributed by atoms with van der Waals surface area (Å²) >= 11 is 0. The Kier molecular flexibility index (Phi) is 17.1. The minimum absolute atomic E-state index is 0.184. The van der Waals surface area contributed by atoms with Crippen molar-refractivity contribution in [1.29, 1.82) is 0 Å². The van der Waals surface area contributed by atoms with Crippen LogP contribution < -0.4 is 43.0 Å². The molecule has 0 aromatic carbocycles. The third-order valence-corrected chi connectivity index (χ3v) is 7.71. The Morgan fingerprint density at radius 3 is 1.51 bits per heavy atom. The van der Waals surface area contributed by atoms with E-state index in [1.807, 2.05) is 5.32 Å². The Morgan fingerprint density at radius 1 is 0.588 bits per heavy atom. The molecule has 2 heterocycles. The molecule has 2 fully saturated rings. The van der Waals surface area contributed by atoms with Crippen molar-refractivity contribution in [2.24, 2.45) is 5.73 Å². The molecule has 51 heavy (non-hydrogen) atoms. The fourth-order valence-corrected chi connectivity index (χ4v) is 5.10. The molecule has 12 N–H and O–H groups in total. The molecular formula is C28H44N10O13. The molecule has 4 atom stereocenters. The number of nitrogens with one attached hydrogen (secondary N) is 7. The van der Waals surface area contributed by atoms with Gasteiger partial charge in [0.2, 0.25) is 53.2 Å². The van der Waals surface area contributed by atoms with Crippen molar-refractivity contribution in [1.82, 2.24) is 47.0 Å². The van der Waals surface area contributed by atoms with E-state index in [1.165, 1.54) is 9.80 Å². The largest absolute Gasteiger partial charge is 0.480 e. The molecule has 23 heteroatoms. The van der Waals surface area contributed by atoms with Crippen molar-refractivity contribution in [3.63, 3.8) is 0 Å². The van der Waals surface area contributed by atoms with E-state index >= 15 is 0 Å². The first-order chi connectivity index (χ1) is 24.2. The van der Waals surface area contributed by atoms with Crippen LogP contribution in [0.4, 0.5) is 0 Å². The number of nitrogens with zero attached hydrogens (tertiary/aromatic N) is 2. The highest BCUT2D eigenvalue weighted by molar-refractivity contribution is 5.96. The van der Waals surface area contributed by atoms with Gasteiger partial charge in [0.05, 0.1) is 52.5 Å². The molecule has 0 aromatic rings. The fourth-order valence-electron chi connectivity index (χ4n) is 5.10. The summed E-state index contributed by atoms with van der Waals surface area (Å²) < 4.78 is 0. The number of rotatable bonds is 19. The second-order valence-corrected chi connectivity index (χ2v) is 11.3.